The molecule has 0 radical (unpaired) electrons. The maximum absolute atomic E-state index is 14.8. The highest BCUT2D eigenvalue weighted by Crippen LogP contribution is 2.48. The van der Waals surface area contributed by atoms with Crippen LogP contribution >= 0.6 is 0 Å². The van der Waals surface area contributed by atoms with E-state index >= 15 is 0 Å². The van der Waals surface area contributed by atoms with Crippen molar-refractivity contribution in [1.29, 1.82) is 0 Å². The summed E-state index contributed by atoms with van der Waals surface area (Å²) in [5, 5.41) is 3.93. The predicted octanol–water partition coefficient (Wildman–Crippen LogP) is 4.92. The van der Waals surface area contributed by atoms with Gasteiger partial charge in [0.05, 0.1) is 22.5 Å². The van der Waals surface area contributed by atoms with Crippen LogP contribution in [0, 0.1) is 11.7 Å². The summed E-state index contributed by atoms with van der Waals surface area (Å²) in [6.45, 7) is 0. The molecule has 1 aromatic heterocycles. The monoisotopic (exact) mass is 461 g/mol. The lowest BCUT2D eigenvalue weighted by Gasteiger charge is -2.09. The zero-order valence-corrected chi connectivity index (χ0v) is 18.2. The molecular weight excluding hydrogens is 441 g/mol. The molecule has 2 atom stereocenters. The molecule has 166 valence electrons. The van der Waals surface area contributed by atoms with Crippen molar-refractivity contribution in [3.63, 3.8) is 0 Å². The molecule has 0 saturated heterocycles. The first-order valence-corrected chi connectivity index (χ1v) is 11.9. The van der Waals surface area contributed by atoms with Gasteiger partial charge in [-0.1, -0.05) is 42.5 Å². The van der Waals surface area contributed by atoms with E-state index in [1.165, 1.54) is 18.3 Å². The largest absolute Gasteiger partial charge is 0.323 e. The van der Waals surface area contributed by atoms with Crippen LogP contribution in [0.1, 0.15) is 17.9 Å². The van der Waals surface area contributed by atoms with Gasteiger partial charge in [-0.15, -0.1) is 0 Å². The Morgan fingerprint density at radius 3 is 2.52 bits per heavy atom. The number of nitrogens with zero attached hydrogens (tertiary/aromatic N) is 1. The van der Waals surface area contributed by atoms with E-state index in [1.54, 1.807) is 54.7 Å². The van der Waals surface area contributed by atoms with E-state index in [1.807, 2.05) is 12.1 Å². The summed E-state index contributed by atoms with van der Waals surface area (Å²) in [6.07, 6.45) is 3.61. The number of hydrogen-bond donors (Lipinski definition) is 2. The molecule has 0 aliphatic heterocycles. The van der Waals surface area contributed by atoms with Gasteiger partial charge < -0.3 is 5.32 Å². The third-order valence-electron chi connectivity index (χ3n) is 5.78. The van der Waals surface area contributed by atoms with E-state index in [0.717, 1.165) is 10.9 Å². The highest BCUT2D eigenvalue weighted by Gasteiger charge is 2.44. The molecule has 1 fully saturated rings. The zero-order chi connectivity index (χ0) is 23.0. The molecule has 0 unspecified atom stereocenters. The van der Waals surface area contributed by atoms with Crippen LogP contribution in [-0.4, -0.2) is 19.3 Å². The highest BCUT2D eigenvalue weighted by molar-refractivity contribution is 7.92. The van der Waals surface area contributed by atoms with Crippen LogP contribution in [0.15, 0.2) is 90.1 Å². The number of amides is 1. The first-order chi connectivity index (χ1) is 15.9. The quantitative estimate of drug-likeness (QED) is 0.427. The maximum atomic E-state index is 14.8. The first kappa shape index (κ1) is 21.1. The van der Waals surface area contributed by atoms with Gasteiger partial charge in [0.15, 0.2) is 5.82 Å². The Labute approximate surface area is 190 Å². The van der Waals surface area contributed by atoms with E-state index in [0.29, 0.717) is 17.5 Å². The van der Waals surface area contributed by atoms with Crippen molar-refractivity contribution in [3.05, 3.63) is 96.6 Å². The number of carbonyl (C=O) groups is 1. The Kier molecular flexibility index (Phi) is 5.30. The average molecular weight is 462 g/mol. The van der Waals surface area contributed by atoms with Gasteiger partial charge in [0.2, 0.25) is 5.91 Å². The first-order valence-electron chi connectivity index (χ1n) is 10.4. The summed E-state index contributed by atoms with van der Waals surface area (Å²) in [5.41, 5.74) is 1.41. The highest BCUT2D eigenvalue weighted by atomic mass is 32.2. The summed E-state index contributed by atoms with van der Waals surface area (Å²) in [4.78, 5) is 16.7. The normalized spacial score (nSPS) is 17.5. The number of benzene rings is 3. The molecule has 1 saturated carbocycles. The van der Waals surface area contributed by atoms with Crippen LogP contribution < -0.4 is 10.0 Å². The molecule has 1 amide bonds. The molecule has 4 aromatic rings. The summed E-state index contributed by atoms with van der Waals surface area (Å²) in [7, 11) is -3.74. The molecule has 0 bridgehead atoms. The molecule has 1 heterocycles. The fourth-order valence-electron chi connectivity index (χ4n) is 3.94. The standard InChI is InChI=1S/C25H20FN3O3S/c26-24-20-6-2-1-4-16(20)9-12-23(24)28-25(30)22-14-21(22)17-7-10-19(11-8-17)33(31,32)29-18-5-3-13-27-15-18/h1-13,15,21-22,29H,14H2,(H,28,30)/t21-,22+/m0/s1. The minimum absolute atomic E-state index is 0.0310. The second-order valence-corrected chi connectivity index (χ2v) is 9.68. The van der Waals surface area contributed by atoms with E-state index in [4.69, 9.17) is 0 Å². The number of carbonyl (C=O) groups excluding carboxylic acids is 1. The van der Waals surface area contributed by atoms with Gasteiger partial charge in [0, 0.05) is 17.5 Å². The second-order valence-electron chi connectivity index (χ2n) is 8.00. The van der Waals surface area contributed by atoms with Crippen LogP contribution in [0.25, 0.3) is 10.8 Å². The fourth-order valence-corrected chi connectivity index (χ4v) is 4.98. The molecule has 6 nitrogen and oxygen atoms in total. The summed E-state index contributed by atoms with van der Waals surface area (Å²) >= 11 is 0. The van der Waals surface area contributed by atoms with Crippen LogP contribution in [0.3, 0.4) is 0 Å². The lowest BCUT2D eigenvalue weighted by Crippen LogP contribution is -2.15. The number of fused-ring (bicyclic) bond motifs is 1. The third-order valence-corrected chi connectivity index (χ3v) is 7.18. The van der Waals surface area contributed by atoms with Crippen molar-refractivity contribution in [2.24, 2.45) is 5.92 Å². The zero-order valence-electron chi connectivity index (χ0n) is 17.4. The molecular formula is C25H20FN3O3S. The Balaban J connectivity index is 1.26. The van der Waals surface area contributed by atoms with Crippen molar-refractivity contribution in [3.8, 4) is 0 Å². The number of pyridine rings is 1. The Morgan fingerprint density at radius 2 is 1.76 bits per heavy atom. The summed E-state index contributed by atoms with van der Waals surface area (Å²) < 4.78 is 42.4. The minimum Gasteiger partial charge on any atom is -0.323 e. The SMILES string of the molecule is O=C(Nc1ccc2ccccc2c1F)[C@@H]1C[C@H]1c1ccc(S(=O)(=O)Nc2cccnc2)cc1. The van der Waals surface area contributed by atoms with Gasteiger partial charge >= 0.3 is 0 Å². The van der Waals surface area contributed by atoms with Crippen LogP contribution in [0.4, 0.5) is 15.8 Å². The Morgan fingerprint density at radius 1 is 0.970 bits per heavy atom. The summed E-state index contributed by atoms with van der Waals surface area (Å²) in [6, 6.07) is 20.2. The molecule has 8 heteroatoms. The number of sulfonamides is 1. The van der Waals surface area contributed by atoms with Gasteiger partial charge in [-0.25, -0.2) is 12.8 Å². The van der Waals surface area contributed by atoms with Crippen molar-refractivity contribution < 1.29 is 17.6 Å². The van der Waals surface area contributed by atoms with Gasteiger partial charge in [-0.2, -0.15) is 0 Å². The maximum Gasteiger partial charge on any atom is 0.261 e. The lowest BCUT2D eigenvalue weighted by atomic mass is 10.1. The van der Waals surface area contributed by atoms with Crippen LogP contribution in [0.5, 0.6) is 0 Å². The van der Waals surface area contributed by atoms with Gasteiger partial charge in [-0.3, -0.25) is 14.5 Å². The van der Waals surface area contributed by atoms with Gasteiger partial charge in [-0.05, 0) is 53.6 Å². The molecule has 0 spiro atoms. The number of hydrogen-bond acceptors (Lipinski definition) is 4. The van der Waals surface area contributed by atoms with E-state index in [9.17, 15) is 17.6 Å². The number of aromatic nitrogens is 1. The number of rotatable bonds is 6. The number of anilines is 2. The molecule has 33 heavy (non-hydrogen) atoms. The average Bonchev–Trinajstić information content (AvgIpc) is 3.63. The molecule has 1 aliphatic rings. The van der Waals surface area contributed by atoms with Crippen molar-refractivity contribution in [1.82, 2.24) is 4.98 Å². The van der Waals surface area contributed by atoms with Crippen molar-refractivity contribution in [2.45, 2.75) is 17.2 Å². The smallest absolute Gasteiger partial charge is 0.261 e. The Bertz CT molecular complexity index is 1440. The number of halogens is 1. The lowest BCUT2D eigenvalue weighted by molar-refractivity contribution is -0.117. The molecule has 5 rings (SSSR count). The molecule has 3 aromatic carbocycles. The molecule has 1 aliphatic carbocycles. The van der Waals surface area contributed by atoms with E-state index < -0.39 is 15.8 Å². The van der Waals surface area contributed by atoms with Crippen molar-refractivity contribution >= 4 is 38.1 Å². The predicted molar refractivity (Wildman–Crippen MR) is 125 cm³/mol. The van der Waals surface area contributed by atoms with E-state index in [-0.39, 0.29) is 28.3 Å². The van der Waals surface area contributed by atoms with Crippen molar-refractivity contribution in [2.75, 3.05) is 10.0 Å². The van der Waals surface area contributed by atoms with E-state index in [2.05, 4.69) is 15.0 Å². The van der Waals surface area contributed by atoms with Crippen LogP contribution in [-0.2, 0) is 14.8 Å². The number of nitrogens with one attached hydrogen (secondary N) is 2. The van der Waals surface area contributed by atoms with Gasteiger partial charge in [0.25, 0.3) is 10.0 Å². The van der Waals surface area contributed by atoms with Gasteiger partial charge in [0.1, 0.15) is 0 Å². The summed E-state index contributed by atoms with van der Waals surface area (Å²) in [5.74, 6) is -1.01. The fraction of sp³-hybridized carbons (Fsp3) is 0.120. The van der Waals surface area contributed by atoms with Crippen LogP contribution in [0.2, 0.25) is 0 Å². The minimum atomic E-state index is -3.74. The third kappa shape index (κ3) is 4.29. The second kappa shape index (κ2) is 8.29. The molecule has 2 N–H and O–H groups in total. The Hall–Kier alpha value is -3.78. The topological polar surface area (TPSA) is 88.2 Å².